The molecule has 0 heterocycles. The van der Waals surface area contributed by atoms with Gasteiger partial charge in [0.2, 0.25) is 10.0 Å². The normalized spacial score (nSPS) is 15.6. The predicted octanol–water partition coefficient (Wildman–Crippen LogP) is 4.17. The van der Waals surface area contributed by atoms with Crippen LogP contribution in [-0.2, 0) is 10.0 Å². The lowest BCUT2D eigenvalue weighted by Gasteiger charge is -2.30. The van der Waals surface area contributed by atoms with Crippen LogP contribution < -0.4 is 5.32 Å². The number of nitrogens with one attached hydrogen (secondary N) is 1. The first kappa shape index (κ1) is 20.4. The molecular weight excluding hydrogens is 386 g/mol. The monoisotopic (exact) mass is 408 g/mol. The summed E-state index contributed by atoms with van der Waals surface area (Å²) in [5, 5.41) is 2.39. The van der Waals surface area contributed by atoms with Gasteiger partial charge in [0.1, 0.15) is 11.6 Å². The minimum absolute atomic E-state index is 0.00963. The highest BCUT2D eigenvalue weighted by Crippen LogP contribution is 2.26. The van der Waals surface area contributed by atoms with Crippen LogP contribution in [0.25, 0.3) is 0 Å². The van der Waals surface area contributed by atoms with Crippen LogP contribution in [0.15, 0.2) is 47.4 Å². The molecule has 28 heavy (non-hydrogen) atoms. The van der Waals surface area contributed by atoms with Crippen LogP contribution in [0, 0.1) is 11.6 Å². The Morgan fingerprint density at radius 2 is 1.57 bits per heavy atom. The fourth-order valence-electron chi connectivity index (χ4n) is 3.41. The molecule has 1 amide bonds. The third-order valence-electron chi connectivity index (χ3n) is 5.00. The van der Waals surface area contributed by atoms with Crippen LogP contribution in [-0.4, -0.2) is 31.7 Å². The highest BCUT2D eigenvalue weighted by atomic mass is 32.2. The molecule has 1 N–H and O–H groups in total. The van der Waals surface area contributed by atoms with E-state index in [2.05, 4.69) is 5.32 Å². The van der Waals surface area contributed by atoms with Crippen molar-refractivity contribution < 1.29 is 22.0 Å². The SMILES string of the molecule is CN(C1CCCCC1)S(=O)(=O)c1ccc(C(=O)Nc2cc(F)cc(F)c2)cc1. The Balaban J connectivity index is 1.74. The van der Waals surface area contributed by atoms with Crippen molar-refractivity contribution in [2.75, 3.05) is 12.4 Å². The molecule has 2 aromatic carbocycles. The minimum atomic E-state index is -3.65. The summed E-state index contributed by atoms with van der Waals surface area (Å²) in [6.45, 7) is 0. The average molecular weight is 408 g/mol. The Kier molecular flexibility index (Phi) is 6.10. The molecule has 0 saturated heterocycles. The van der Waals surface area contributed by atoms with Crippen LogP contribution in [0.5, 0.6) is 0 Å². The lowest BCUT2D eigenvalue weighted by Crippen LogP contribution is -2.38. The van der Waals surface area contributed by atoms with Crippen LogP contribution >= 0.6 is 0 Å². The van der Waals surface area contributed by atoms with Gasteiger partial charge in [0.25, 0.3) is 5.91 Å². The number of hydrogen-bond acceptors (Lipinski definition) is 3. The van der Waals surface area contributed by atoms with Gasteiger partial charge in [0.15, 0.2) is 0 Å². The lowest BCUT2D eigenvalue weighted by molar-refractivity contribution is 0.102. The van der Waals surface area contributed by atoms with Crippen molar-refractivity contribution in [1.82, 2.24) is 4.31 Å². The third-order valence-corrected chi connectivity index (χ3v) is 6.93. The number of benzene rings is 2. The van der Waals surface area contributed by atoms with E-state index >= 15 is 0 Å². The van der Waals surface area contributed by atoms with Gasteiger partial charge in [-0.3, -0.25) is 4.79 Å². The van der Waals surface area contributed by atoms with E-state index in [1.54, 1.807) is 7.05 Å². The second kappa shape index (κ2) is 8.36. The predicted molar refractivity (Wildman–Crippen MR) is 103 cm³/mol. The van der Waals surface area contributed by atoms with Crippen molar-refractivity contribution in [1.29, 1.82) is 0 Å². The number of rotatable bonds is 5. The summed E-state index contributed by atoms with van der Waals surface area (Å²) in [6.07, 6.45) is 4.86. The average Bonchev–Trinajstić information content (AvgIpc) is 2.67. The molecule has 8 heteroatoms. The third kappa shape index (κ3) is 4.56. The summed E-state index contributed by atoms with van der Waals surface area (Å²) in [6, 6.07) is 8.20. The van der Waals surface area contributed by atoms with E-state index in [1.165, 1.54) is 28.6 Å². The van der Waals surface area contributed by atoms with E-state index < -0.39 is 27.6 Å². The van der Waals surface area contributed by atoms with Crippen molar-refractivity contribution in [2.24, 2.45) is 0 Å². The van der Waals surface area contributed by atoms with Gasteiger partial charge in [-0.05, 0) is 49.2 Å². The topological polar surface area (TPSA) is 66.5 Å². The molecule has 0 bridgehead atoms. The lowest BCUT2D eigenvalue weighted by atomic mass is 9.96. The van der Waals surface area contributed by atoms with Crippen molar-refractivity contribution in [3.8, 4) is 0 Å². The van der Waals surface area contributed by atoms with Crippen LogP contribution in [0.4, 0.5) is 14.5 Å². The van der Waals surface area contributed by atoms with Crippen molar-refractivity contribution >= 4 is 21.6 Å². The maximum Gasteiger partial charge on any atom is 0.255 e. The highest BCUT2D eigenvalue weighted by molar-refractivity contribution is 7.89. The van der Waals surface area contributed by atoms with Gasteiger partial charge in [-0.2, -0.15) is 4.31 Å². The van der Waals surface area contributed by atoms with Crippen molar-refractivity contribution in [3.63, 3.8) is 0 Å². The first-order valence-electron chi connectivity index (χ1n) is 9.13. The molecule has 5 nitrogen and oxygen atoms in total. The molecule has 1 aliphatic carbocycles. The molecule has 0 atom stereocenters. The Bertz CT molecular complexity index is 936. The number of halogens is 2. The van der Waals surface area contributed by atoms with Gasteiger partial charge in [0, 0.05) is 30.4 Å². The molecule has 1 fully saturated rings. The van der Waals surface area contributed by atoms with E-state index in [9.17, 15) is 22.0 Å². The van der Waals surface area contributed by atoms with Gasteiger partial charge < -0.3 is 5.32 Å². The number of sulfonamides is 1. The van der Waals surface area contributed by atoms with Crippen LogP contribution in [0.1, 0.15) is 42.5 Å². The molecule has 0 radical (unpaired) electrons. The quantitative estimate of drug-likeness (QED) is 0.808. The number of carbonyl (C=O) groups excluding carboxylic acids is 1. The van der Waals surface area contributed by atoms with Crippen LogP contribution in [0.3, 0.4) is 0 Å². The number of amides is 1. The minimum Gasteiger partial charge on any atom is -0.322 e. The van der Waals surface area contributed by atoms with Gasteiger partial charge in [-0.15, -0.1) is 0 Å². The zero-order valence-electron chi connectivity index (χ0n) is 15.5. The second-order valence-electron chi connectivity index (χ2n) is 6.95. The Hall–Kier alpha value is -2.32. The number of hydrogen-bond donors (Lipinski definition) is 1. The van der Waals surface area contributed by atoms with Gasteiger partial charge in [0.05, 0.1) is 4.90 Å². The van der Waals surface area contributed by atoms with Crippen molar-refractivity contribution in [2.45, 2.75) is 43.0 Å². The van der Waals surface area contributed by atoms with Gasteiger partial charge in [-0.1, -0.05) is 19.3 Å². The smallest absolute Gasteiger partial charge is 0.255 e. The van der Waals surface area contributed by atoms with Gasteiger partial charge in [-0.25, -0.2) is 17.2 Å². The standard InChI is InChI=1S/C20H22F2N2O3S/c1-24(18-5-3-2-4-6-18)28(26,27)19-9-7-14(8-10-19)20(25)23-17-12-15(21)11-16(22)13-17/h7-13,18H,2-6H2,1H3,(H,23,25). The Morgan fingerprint density at radius 1 is 1.00 bits per heavy atom. The molecule has 0 aliphatic heterocycles. The number of anilines is 1. The Labute approximate surface area is 163 Å². The molecule has 1 saturated carbocycles. The molecule has 0 unspecified atom stereocenters. The van der Waals surface area contributed by atoms with E-state index in [1.807, 2.05) is 0 Å². The van der Waals surface area contributed by atoms with E-state index in [-0.39, 0.29) is 22.2 Å². The van der Waals surface area contributed by atoms with E-state index in [0.717, 1.165) is 44.2 Å². The summed E-state index contributed by atoms with van der Waals surface area (Å²) in [4.78, 5) is 12.4. The van der Waals surface area contributed by atoms with Crippen molar-refractivity contribution in [3.05, 3.63) is 59.7 Å². The molecule has 150 valence electrons. The molecule has 0 spiro atoms. The maximum atomic E-state index is 13.2. The zero-order chi connectivity index (χ0) is 20.3. The summed E-state index contributed by atoms with van der Waals surface area (Å²) in [5.74, 6) is -2.19. The summed E-state index contributed by atoms with van der Waals surface area (Å²) in [7, 11) is -2.06. The maximum absolute atomic E-state index is 13.2. The number of carbonyl (C=O) groups is 1. The summed E-state index contributed by atoms with van der Waals surface area (Å²) >= 11 is 0. The van der Waals surface area contributed by atoms with Gasteiger partial charge >= 0.3 is 0 Å². The highest BCUT2D eigenvalue weighted by Gasteiger charge is 2.29. The molecular formula is C20H22F2N2O3S. The molecule has 2 aromatic rings. The fraction of sp³-hybridized carbons (Fsp3) is 0.350. The summed E-state index contributed by atoms with van der Waals surface area (Å²) in [5.41, 5.74) is 0.167. The molecule has 1 aliphatic rings. The van der Waals surface area contributed by atoms with Crippen LogP contribution in [0.2, 0.25) is 0 Å². The van der Waals surface area contributed by atoms with E-state index in [4.69, 9.17) is 0 Å². The van der Waals surface area contributed by atoms with E-state index in [0.29, 0.717) is 6.07 Å². The Morgan fingerprint density at radius 3 is 2.14 bits per heavy atom. The molecule has 3 rings (SSSR count). The number of nitrogens with zero attached hydrogens (tertiary/aromatic N) is 1. The zero-order valence-corrected chi connectivity index (χ0v) is 16.3. The molecule has 0 aromatic heterocycles. The fourth-order valence-corrected chi connectivity index (χ4v) is 4.83. The second-order valence-corrected chi connectivity index (χ2v) is 8.95. The first-order chi connectivity index (χ1) is 13.3. The largest absolute Gasteiger partial charge is 0.322 e. The summed E-state index contributed by atoms with van der Waals surface area (Å²) < 4.78 is 53.5. The first-order valence-corrected chi connectivity index (χ1v) is 10.6.